The van der Waals surface area contributed by atoms with Gasteiger partial charge in [-0.05, 0) is 33.6 Å². The highest BCUT2D eigenvalue weighted by molar-refractivity contribution is 7.92. The van der Waals surface area contributed by atoms with Gasteiger partial charge in [0.1, 0.15) is 0 Å². The predicted molar refractivity (Wildman–Crippen MR) is 83.8 cm³/mol. The summed E-state index contributed by atoms with van der Waals surface area (Å²) in [5.74, 6) is 0.290. The van der Waals surface area contributed by atoms with Crippen LogP contribution in [-0.4, -0.2) is 55.5 Å². The number of nitrogens with one attached hydrogen (secondary N) is 1. The largest absolute Gasteiger partial charge is 0.314 e. The Hall–Kier alpha value is -0.130. The highest BCUT2D eigenvalue weighted by Gasteiger charge is 2.40. The minimum atomic E-state index is -3.01. The quantitative estimate of drug-likeness (QED) is 0.864. The molecule has 0 aromatic heterocycles. The fraction of sp³-hybridized carbons (Fsp3) is 1.00. The van der Waals surface area contributed by atoms with E-state index < -0.39 is 14.6 Å². The van der Waals surface area contributed by atoms with Gasteiger partial charge in [-0.25, -0.2) is 8.42 Å². The van der Waals surface area contributed by atoms with E-state index in [4.69, 9.17) is 0 Å². The van der Waals surface area contributed by atoms with Crippen LogP contribution in [0, 0.1) is 0 Å². The van der Waals surface area contributed by atoms with E-state index in [1.165, 1.54) is 32.1 Å². The van der Waals surface area contributed by atoms with Crippen LogP contribution in [0.4, 0.5) is 0 Å². The molecule has 20 heavy (non-hydrogen) atoms. The minimum Gasteiger partial charge on any atom is -0.314 e. The van der Waals surface area contributed by atoms with Gasteiger partial charge < -0.3 is 5.32 Å². The Morgan fingerprint density at radius 2 is 1.80 bits per heavy atom. The van der Waals surface area contributed by atoms with E-state index in [2.05, 4.69) is 10.2 Å². The summed E-state index contributed by atoms with van der Waals surface area (Å²) in [6, 6.07) is 0. The molecule has 1 heterocycles. The molecule has 0 radical (unpaired) electrons. The van der Waals surface area contributed by atoms with Gasteiger partial charge >= 0.3 is 0 Å². The van der Waals surface area contributed by atoms with Crippen LogP contribution in [0.2, 0.25) is 0 Å². The van der Waals surface area contributed by atoms with Gasteiger partial charge in [-0.15, -0.1) is 0 Å². The van der Waals surface area contributed by atoms with Crippen molar-refractivity contribution in [3.8, 4) is 0 Å². The molecular formula is C15H30N2O2S. The number of sulfone groups is 1. The summed E-state index contributed by atoms with van der Waals surface area (Å²) in [6.45, 7) is 9.10. The van der Waals surface area contributed by atoms with Gasteiger partial charge in [0.25, 0.3) is 0 Å². The van der Waals surface area contributed by atoms with Crippen molar-refractivity contribution >= 4 is 9.84 Å². The van der Waals surface area contributed by atoms with Crippen molar-refractivity contribution in [1.82, 2.24) is 10.2 Å². The van der Waals surface area contributed by atoms with E-state index in [0.29, 0.717) is 6.54 Å². The zero-order valence-electron chi connectivity index (χ0n) is 13.2. The molecule has 4 nitrogen and oxygen atoms in total. The summed E-state index contributed by atoms with van der Waals surface area (Å²) < 4.78 is 24.0. The second kappa shape index (κ2) is 5.93. The number of nitrogens with zero attached hydrogens (tertiary/aromatic N) is 1. The molecule has 1 spiro atoms. The van der Waals surface area contributed by atoms with Crippen LogP contribution in [-0.2, 0) is 9.84 Å². The Balaban J connectivity index is 2.03. The van der Waals surface area contributed by atoms with Crippen LogP contribution in [0.1, 0.15) is 52.9 Å². The third kappa shape index (κ3) is 3.37. The van der Waals surface area contributed by atoms with Gasteiger partial charge in [-0.2, -0.15) is 0 Å². The number of piperazine rings is 1. The number of rotatable bonds is 3. The molecule has 1 N–H and O–H groups in total. The lowest BCUT2D eigenvalue weighted by atomic mass is 9.79. The van der Waals surface area contributed by atoms with Crippen molar-refractivity contribution in [3.05, 3.63) is 0 Å². The third-order valence-corrected chi connectivity index (χ3v) is 7.62. The Kier molecular flexibility index (Phi) is 4.82. The molecule has 5 heteroatoms. The first kappa shape index (κ1) is 16.2. The first-order valence-corrected chi connectivity index (χ1v) is 9.60. The first-order chi connectivity index (χ1) is 9.27. The van der Waals surface area contributed by atoms with Crippen LogP contribution < -0.4 is 5.32 Å². The summed E-state index contributed by atoms with van der Waals surface area (Å²) in [7, 11) is -3.01. The number of hydrogen-bond donors (Lipinski definition) is 1. The fourth-order valence-electron chi connectivity index (χ4n) is 3.47. The molecule has 0 aromatic rings. The first-order valence-electron chi connectivity index (χ1n) is 7.95. The molecule has 1 aliphatic heterocycles. The smallest absolute Gasteiger partial charge is 0.156 e. The summed E-state index contributed by atoms with van der Waals surface area (Å²) in [4.78, 5) is 2.46. The van der Waals surface area contributed by atoms with Crippen molar-refractivity contribution in [2.75, 3.05) is 31.9 Å². The second-order valence-electron chi connectivity index (χ2n) is 7.38. The molecule has 1 saturated carbocycles. The highest BCUT2D eigenvalue weighted by Crippen LogP contribution is 2.34. The Labute approximate surface area is 124 Å². The van der Waals surface area contributed by atoms with Gasteiger partial charge in [0.2, 0.25) is 0 Å². The van der Waals surface area contributed by atoms with Gasteiger partial charge in [-0.1, -0.05) is 19.3 Å². The SMILES string of the molecule is CC(C)(C)S(=O)(=O)CCN1CCNCC12CCCCC2. The molecule has 0 bridgehead atoms. The summed E-state index contributed by atoms with van der Waals surface area (Å²) in [5.41, 5.74) is 0.226. The standard InChI is InChI=1S/C15H30N2O2S/c1-14(2,3)20(18,19)12-11-17-10-9-16-13-15(17)7-5-4-6-8-15/h16H,4-13H2,1-3H3. The van der Waals surface area contributed by atoms with Crippen molar-refractivity contribution in [1.29, 1.82) is 0 Å². The normalized spacial score (nSPS) is 24.9. The van der Waals surface area contributed by atoms with Gasteiger partial charge in [0.05, 0.1) is 10.5 Å². The predicted octanol–water partition coefficient (Wildman–Crippen LogP) is 1.81. The average Bonchev–Trinajstić information content (AvgIpc) is 2.37. The van der Waals surface area contributed by atoms with E-state index in [1.54, 1.807) is 20.8 Å². The van der Waals surface area contributed by atoms with Crippen molar-refractivity contribution in [2.45, 2.75) is 63.2 Å². The second-order valence-corrected chi connectivity index (χ2v) is 10.2. The third-order valence-electron chi connectivity index (χ3n) is 5.03. The van der Waals surface area contributed by atoms with Crippen LogP contribution in [0.15, 0.2) is 0 Å². The van der Waals surface area contributed by atoms with Crippen molar-refractivity contribution in [3.63, 3.8) is 0 Å². The maximum Gasteiger partial charge on any atom is 0.156 e. The molecule has 2 fully saturated rings. The molecule has 118 valence electrons. The Morgan fingerprint density at radius 1 is 1.15 bits per heavy atom. The Bertz CT molecular complexity index is 411. The molecule has 2 aliphatic rings. The molecule has 1 aliphatic carbocycles. The van der Waals surface area contributed by atoms with E-state index in [0.717, 1.165) is 19.6 Å². The Morgan fingerprint density at radius 3 is 2.40 bits per heavy atom. The molecular weight excluding hydrogens is 272 g/mol. The van der Waals surface area contributed by atoms with Crippen LogP contribution in [0.25, 0.3) is 0 Å². The van der Waals surface area contributed by atoms with E-state index in [9.17, 15) is 8.42 Å². The minimum absolute atomic E-state index is 0.226. The molecule has 1 saturated heterocycles. The maximum absolute atomic E-state index is 12.3. The summed E-state index contributed by atoms with van der Waals surface area (Å²) in [5, 5.41) is 3.51. The van der Waals surface area contributed by atoms with Gasteiger partial charge in [0.15, 0.2) is 9.84 Å². The topological polar surface area (TPSA) is 49.4 Å². The molecule has 2 rings (SSSR count). The maximum atomic E-state index is 12.3. The summed E-state index contributed by atoms with van der Waals surface area (Å²) in [6.07, 6.45) is 6.33. The average molecular weight is 302 g/mol. The van der Waals surface area contributed by atoms with Gasteiger partial charge in [0, 0.05) is 31.7 Å². The monoisotopic (exact) mass is 302 g/mol. The highest BCUT2D eigenvalue weighted by atomic mass is 32.2. The van der Waals surface area contributed by atoms with E-state index in [-0.39, 0.29) is 11.3 Å². The lowest BCUT2D eigenvalue weighted by molar-refractivity contribution is 0.0329. The molecule has 0 atom stereocenters. The van der Waals surface area contributed by atoms with E-state index in [1.807, 2.05) is 0 Å². The zero-order valence-corrected chi connectivity index (χ0v) is 14.1. The molecule has 0 aromatic carbocycles. The molecule has 0 amide bonds. The summed E-state index contributed by atoms with van der Waals surface area (Å²) >= 11 is 0. The fourth-order valence-corrected chi connectivity index (χ4v) is 4.55. The van der Waals surface area contributed by atoms with E-state index >= 15 is 0 Å². The zero-order chi connectivity index (χ0) is 14.9. The number of hydrogen-bond acceptors (Lipinski definition) is 4. The van der Waals surface area contributed by atoms with Crippen molar-refractivity contribution in [2.24, 2.45) is 0 Å². The van der Waals surface area contributed by atoms with Crippen LogP contribution >= 0.6 is 0 Å². The van der Waals surface area contributed by atoms with Crippen LogP contribution in [0.3, 0.4) is 0 Å². The molecule has 0 unspecified atom stereocenters. The van der Waals surface area contributed by atoms with Gasteiger partial charge in [-0.3, -0.25) is 4.90 Å². The lowest BCUT2D eigenvalue weighted by Crippen LogP contribution is -2.62. The lowest BCUT2D eigenvalue weighted by Gasteiger charge is -2.50. The van der Waals surface area contributed by atoms with Crippen LogP contribution in [0.5, 0.6) is 0 Å². The van der Waals surface area contributed by atoms with Crippen molar-refractivity contribution < 1.29 is 8.42 Å².